The minimum absolute atomic E-state index is 0.128. The van der Waals surface area contributed by atoms with Crippen LogP contribution in [0.25, 0.3) is 0 Å². The third kappa shape index (κ3) is 5.32. The lowest BCUT2D eigenvalue weighted by molar-refractivity contribution is -0.140. The van der Waals surface area contributed by atoms with Gasteiger partial charge in [-0.3, -0.25) is 9.59 Å². The van der Waals surface area contributed by atoms with E-state index in [0.29, 0.717) is 18.9 Å². The highest BCUT2D eigenvalue weighted by Gasteiger charge is 2.27. The zero-order valence-electron chi connectivity index (χ0n) is 16.3. The van der Waals surface area contributed by atoms with E-state index in [1.54, 1.807) is 19.2 Å². The molecule has 0 bridgehead atoms. The second kappa shape index (κ2) is 9.50. The van der Waals surface area contributed by atoms with Gasteiger partial charge < -0.3 is 9.64 Å². The number of hydrogen-bond donors (Lipinski definition) is 0. The molecule has 0 amide bonds. The van der Waals surface area contributed by atoms with Crippen molar-refractivity contribution in [2.75, 3.05) is 38.2 Å². The number of hydrogen-bond acceptors (Lipinski definition) is 8. The summed E-state index contributed by atoms with van der Waals surface area (Å²) in [6.07, 6.45) is 1.70. The predicted octanol–water partition coefficient (Wildman–Crippen LogP) is 1.78. The van der Waals surface area contributed by atoms with Gasteiger partial charge in [-0.2, -0.15) is 4.31 Å². The summed E-state index contributed by atoms with van der Waals surface area (Å²) in [6.45, 7) is 0.442. The highest BCUT2D eigenvalue weighted by Crippen LogP contribution is 2.21. The summed E-state index contributed by atoms with van der Waals surface area (Å²) in [4.78, 5) is 25.9. The molecular weight excluding hydrogens is 432 g/mol. The first-order chi connectivity index (χ1) is 14.3. The van der Waals surface area contributed by atoms with Gasteiger partial charge in [0.1, 0.15) is 6.54 Å². The monoisotopic (exact) mass is 452 g/mol. The number of aromatic nitrogens is 2. The number of benzene rings is 1. The van der Waals surface area contributed by atoms with Gasteiger partial charge in [-0.1, -0.05) is 11.6 Å². The second-order valence-corrected chi connectivity index (χ2v) is 9.11. The number of anilines is 1. The van der Waals surface area contributed by atoms with Crippen molar-refractivity contribution < 1.29 is 22.7 Å². The molecule has 0 unspecified atom stereocenters. The van der Waals surface area contributed by atoms with Gasteiger partial charge in [0.2, 0.25) is 10.0 Å². The van der Waals surface area contributed by atoms with Crippen LogP contribution in [0.5, 0.6) is 0 Å². The van der Waals surface area contributed by atoms with Crippen LogP contribution in [0, 0.1) is 0 Å². The molecule has 11 heteroatoms. The zero-order valence-corrected chi connectivity index (χ0v) is 17.9. The summed E-state index contributed by atoms with van der Waals surface area (Å²) in [5.74, 6) is -0.615. The van der Waals surface area contributed by atoms with E-state index in [1.165, 1.54) is 33.5 Å². The first-order valence-electron chi connectivity index (χ1n) is 9.27. The second-order valence-electron chi connectivity index (χ2n) is 6.79. The predicted molar refractivity (Wildman–Crippen MR) is 110 cm³/mol. The molecule has 0 atom stereocenters. The summed E-state index contributed by atoms with van der Waals surface area (Å²) in [5, 5.41) is 7.78. The van der Waals surface area contributed by atoms with E-state index >= 15 is 0 Å². The Kier molecular flexibility index (Phi) is 7.01. The number of likely N-dealkylation sites (N-methyl/N-ethyl adjacent to an activating group) is 1. The van der Waals surface area contributed by atoms with Crippen LogP contribution in [-0.2, 0) is 19.6 Å². The van der Waals surface area contributed by atoms with Crippen molar-refractivity contribution in [1.29, 1.82) is 0 Å². The standard InChI is InChI=1S/C19H21ClN4O5S/c1-23(18-9-8-17(20)21-22-18)12-19(26)29-13-16(25)14-4-6-15(7-5-14)30(27,28)24-10-2-3-11-24/h4-9H,2-3,10-13H2,1H3. The number of esters is 1. The molecule has 0 aliphatic carbocycles. The van der Waals surface area contributed by atoms with E-state index in [-0.39, 0.29) is 22.2 Å². The van der Waals surface area contributed by atoms with Gasteiger partial charge in [0.25, 0.3) is 0 Å². The lowest BCUT2D eigenvalue weighted by atomic mass is 10.1. The Morgan fingerprint density at radius 2 is 1.77 bits per heavy atom. The molecule has 0 radical (unpaired) electrons. The first-order valence-corrected chi connectivity index (χ1v) is 11.1. The average molecular weight is 453 g/mol. The highest BCUT2D eigenvalue weighted by molar-refractivity contribution is 7.89. The third-order valence-corrected chi connectivity index (χ3v) is 6.73. The van der Waals surface area contributed by atoms with Crippen LogP contribution in [0.15, 0.2) is 41.3 Å². The molecule has 1 aliphatic heterocycles. The SMILES string of the molecule is CN(CC(=O)OCC(=O)c1ccc(S(=O)(=O)N2CCCC2)cc1)c1ccc(Cl)nn1. The Morgan fingerprint density at radius 1 is 1.10 bits per heavy atom. The number of Topliss-reactive ketones (excluding diaryl/α,β-unsaturated/α-hetero) is 1. The number of ether oxygens (including phenoxy) is 1. The van der Waals surface area contributed by atoms with Gasteiger partial charge in [0, 0.05) is 25.7 Å². The minimum atomic E-state index is -3.54. The molecule has 1 saturated heterocycles. The molecule has 0 saturated carbocycles. The van der Waals surface area contributed by atoms with Crippen LogP contribution in [0.4, 0.5) is 5.82 Å². The van der Waals surface area contributed by atoms with Crippen molar-refractivity contribution in [2.24, 2.45) is 0 Å². The summed E-state index contributed by atoms with van der Waals surface area (Å²) >= 11 is 5.68. The Hall–Kier alpha value is -2.56. The molecule has 3 rings (SSSR count). The number of carbonyl (C=O) groups is 2. The largest absolute Gasteiger partial charge is 0.456 e. The van der Waals surface area contributed by atoms with Crippen molar-refractivity contribution in [3.8, 4) is 0 Å². The van der Waals surface area contributed by atoms with Crippen LogP contribution in [0.3, 0.4) is 0 Å². The number of carbonyl (C=O) groups excluding carboxylic acids is 2. The number of rotatable bonds is 8. The molecule has 1 fully saturated rings. The summed E-state index contributed by atoms with van der Waals surface area (Å²) in [6, 6.07) is 8.79. The fraction of sp³-hybridized carbons (Fsp3) is 0.368. The van der Waals surface area contributed by atoms with Crippen LogP contribution < -0.4 is 4.90 Å². The number of ketones is 1. The molecule has 30 heavy (non-hydrogen) atoms. The quantitative estimate of drug-likeness (QED) is 0.440. The van der Waals surface area contributed by atoms with E-state index in [2.05, 4.69) is 10.2 Å². The van der Waals surface area contributed by atoms with E-state index in [4.69, 9.17) is 16.3 Å². The molecular formula is C19H21ClN4O5S. The Morgan fingerprint density at radius 3 is 2.37 bits per heavy atom. The lowest BCUT2D eigenvalue weighted by Crippen LogP contribution is -2.29. The van der Waals surface area contributed by atoms with Crippen molar-refractivity contribution >= 4 is 39.2 Å². The molecule has 0 N–H and O–H groups in total. The lowest BCUT2D eigenvalue weighted by Gasteiger charge is -2.16. The maximum absolute atomic E-state index is 12.5. The van der Waals surface area contributed by atoms with E-state index in [9.17, 15) is 18.0 Å². The van der Waals surface area contributed by atoms with Gasteiger partial charge in [-0.15, -0.1) is 10.2 Å². The third-order valence-electron chi connectivity index (χ3n) is 4.62. The Bertz CT molecular complexity index is 1010. The molecule has 0 spiro atoms. The smallest absolute Gasteiger partial charge is 0.326 e. The topological polar surface area (TPSA) is 110 Å². The minimum Gasteiger partial charge on any atom is -0.456 e. The average Bonchev–Trinajstić information content (AvgIpc) is 3.28. The van der Waals surface area contributed by atoms with Gasteiger partial charge >= 0.3 is 5.97 Å². The molecule has 2 aromatic rings. The normalized spacial score (nSPS) is 14.5. The van der Waals surface area contributed by atoms with Crippen LogP contribution in [-0.4, -0.2) is 68.0 Å². The summed E-state index contributed by atoms with van der Waals surface area (Å²) in [5.41, 5.74) is 0.264. The fourth-order valence-electron chi connectivity index (χ4n) is 2.95. The van der Waals surface area contributed by atoms with Crippen LogP contribution in [0.2, 0.25) is 5.15 Å². The number of sulfonamides is 1. The maximum Gasteiger partial charge on any atom is 0.326 e. The first kappa shape index (κ1) is 22.1. The molecule has 160 valence electrons. The zero-order chi connectivity index (χ0) is 21.7. The van der Waals surface area contributed by atoms with Crippen molar-refractivity contribution in [1.82, 2.24) is 14.5 Å². The Balaban J connectivity index is 1.53. The summed E-state index contributed by atoms with van der Waals surface area (Å²) in [7, 11) is -1.91. The van der Waals surface area contributed by atoms with Crippen molar-refractivity contribution in [3.05, 3.63) is 47.1 Å². The highest BCUT2D eigenvalue weighted by atomic mass is 35.5. The van der Waals surface area contributed by atoms with E-state index in [0.717, 1.165) is 12.8 Å². The fourth-order valence-corrected chi connectivity index (χ4v) is 4.57. The van der Waals surface area contributed by atoms with E-state index in [1.807, 2.05) is 0 Å². The Labute approximate surface area is 179 Å². The molecule has 2 heterocycles. The van der Waals surface area contributed by atoms with Gasteiger partial charge in [0.05, 0.1) is 4.90 Å². The van der Waals surface area contributed by atoms with Gasteiger partial charge in [-0.25, -0.2) is 8.42 Å². The van der Waals surface area contributed by atoms with Crippen LogP contribution >= 0.6 is 11.6 Å². The number of halogens is 1. The molecule has 1 aromatic heterocycles. The maximum atomic E-state index is 12.5. The van der Waals surface area contributed by atoms with Crippen LogP contribution in [0.1, 0.15) is 23.2 Å². The van der Waals surface area contributed by atoms with Crippen molar-refractivity contribution in [3.63, 3.8) is 0 Å². The van der Waals surface area contributed by atoms with Crippen molar-refractivity contribution in [2.45, 2.75) is 17.7 Å². The van der Waals surface area contributed by atoms with Gasteiger partial charge in [0.15, 0.2) is 23.4 Å². The molecule has 1 aliphatic rings. The van der Waals surface area contributed by atoms with Gasteiger partial charge in [-0.05, 0) is 49.2 Å². The molecule has 9 nitrogen and oxygen atoms in total. The molecule has 1 aromatic carbocycles. The summed E-state index contributed by atoms with van der Waals surface area (Å²) < 4.78 is 31.5. The number of nitrogens with zero attached hydrogens (tertiary/aromatic N) is 4. The van der Waals surface area contributed by atoms with E-state index < -0.39 is 28.4 Å².